The highest BCUT2D eigenvalue weighted by Crippen LogP contribution is 2.19. The third kappa shape index (κ3) is 9.67. The number of unbranched alkanes of at least 4 members (excludes halogenated alkanes) is 10. The molecular formula is C23H38O2. The minimum Gasteiger partial charge on any atom is -0.478 e. The molecule has 0 saturated heterocycles. The summed E-state index contributed by atoms with van der Waals surface area (Å²) in [6.45, 7) is 4.49. The van der Waals surface area contributed by atoms with Crippen molar-refractivity contribution in [3.8, 4) is 0 Å². The number of aryl methyl sites for hydroxylation is 2. The van der Waals surface area contributed by atoms with Gasteiger partial charge in [-0.1, -0.05) is 84.1 Å². The standard InChI is InChI=1S/C23H38O2/c1-3-5-7-9-11-13-15-20-17-18-22(23(24)25)19-21(20)16-14-12-10-8-6-4-2/h17-19H,3-16H2,1-2H3,(H,24,25). The molecule has 0 saturated carbocycles. The molecule has 2 heteroatoms. The van der Waals surface area contributed by atoms with E-state index in [0.29, 0.717) is 5.56 Å². The summed E-state index contributed by atoms with van der Waals surface area (Å²) in [6.07, 6.45) is 17.6. The fourth-order valence-corrected chi connectivity index (χ4v) is 3.43. The van der Waals surface area contributed by atoms with Crippen molar-refractivity contribution < 1.29 is 9.90 Å². The van der Waals surface area contributed by atoms with Crippen LogP contribution in [0.3, 0.4) is 0 Å². The van der Waals surface area contributed by atoms with Crippen molar-refractivity contribution in [2.24, 2.45) is 0 Å². The molecule has 0 aromatic heterocycles. The molecule has 0 aliphatic carbocycles. The summed E-state index contributed by atoms with van der Waals surface area (Å²) in [5.74, 6) is -0.810. The van der Waals surface area contributed by atoms with Crippen molar-refractivity contribution in [2.45, 2.75) is 104 Å². The molecule has 0 aliphatic heterocycles. The maximum atomic E-state index is 11.3. The number of aromatic carboxylic acids is 1. The Bertz CT molecular complexity index is 479. The first kappa shape index (κ1) is 21.7. The molecule has 0 amide bonds. The fraction of sp³-hybridized carbons (Fsp3) is 0.696. The van der Waals surface area contributed by atoms with Crippen LogP contribution in [-0.4, -0.2) is 11.1 Å². The molecule has 142 valence electrons. The molecule has 0 bridgehead atoms. The van der Waals surface area contributed by atoms with Crippen molar-refractivity contribution in [2.75, 3.05) is 0 Å². The highest BCUT2D eigenvalue weighted by Gasteiger charge is 2.08. The van der Waals surface area contributed by atoms with Gasteiger partial charge in [0.05, 0.1) is 5.56 Å². The Balaban J connectivity index is 2.49. The van der Waals surface area contributed by atoms with Crippen molar-refractivity contribution in [1.29, 1.82) is 0 Å². The van der Waals surface area contributed by atoms with Crippen LogP contribution in [0.2, 0.25) is 0 Å². The van der Waals surface area contributed by atoms with Crippen molar-refractivity contribution in [3.05, 3.63) is 34.9 Å². The molecule has 1 N–H and O–H groups in total. The maximum Gasteiger partial charge on any atom is 0.335 e. The zero-order valence-corrected chi connectivity index (χ0v) is 16.5. The van der Waals surface area contributed by atoms with Crippen LogP contribution >= 0.6 is 0 Å². The number of hydrogen-bond donors (Lipinski definition) is 1. The molecule has 0 heterocycles. The summed E-state index contributed by atoms with van der Waals surface area (Å²) >= 11 is 0. The van der Waals surface area contributed by atoms with Crippen LogP contribution in [0.4, 0.5) is 0 Å². The average molecular weight is 347 g/mol. The molecule has 0 spiro atoms. The molecule has 1 aromatic rings. The molecule has 0 radical (unpaired) electrons. The summed E-state index contributed by atoms with van der Waals surface area (Å²) in [7, 11) is 0. The third-order valence-electron chi connectivity index (χ3n) is 5.05. The molecular weight excluding hydrogens is 308 g/mol. The Labute approximate surface area is 155 Å². The van der Waals surface area contributed by atoms with E-state index in [1.807, 2.05) is 6.07 Å². The third-order valence-corrected chi connectivity index (χ3v) is 5.05. The second kappa shape index (κ2) is 13.9. The SMILES string of the molecule is CCCCCCCCc1ccc(C(=O)O)cc1CCCCCCCC. The quantitative estimate of drug-likeness (QED) is 0.341. The van der Waals surface area contributed by atoms with E-state index < -0.39 is 5.97 Å². The Kier molecular flexibility index (Phi) is 12.1. The first-order valence-corrected chi connectivity index (χ1v) is 10.5. The summed E-state index contributed by atoms with van der Waals surface area (Å²) in [4.78, 5) is 11.3. The lowest BCUT2D eigenvalue weighted by atomic mass is 9.94. The molecule has 0 atom stereocenters. The predicted octanol–water partition coefficient (Wildman–Crippen LogP) is 7.19. The van der Waals surface area contributed by atoms with Gasteiger partial charge in [-0.3, -0.25) is 0 Å². The molecule has 1 rings (SSSR count). The van der Waals surface area contributed by atoms with E-state index in [1.165, 1.54) is 88.2 Å². The number of carbonyl (C=O) groups is 1. The van der Waals surface area contributed by atoms with Gasteiger partial charge in [0.15, 0.2) is 0 Å². The molecule has 0 fully saturated rings. The van der Waals surface area contributed by atoms with Gasteiger partial charge in [0.25, 0.3) is 0 Å². The van der Waals surface area contributed by atoms with E-state index in [-0.39, 0.29) is 0 Å². The predicted molar refractivity (Wildman–Crippen MR) is 108 cm³/mol. The summed E-state index contributed by atoms with van der Waals surface area (Å²) in [6, 6.07) is 5.75. The van der Waals surface area contributed by atoms with Gasteiger partial charge in [-0.05, 0) is 48.9 Å². The highest BCUT2D eigenvalue weighted by molar-refractivity contribution is 5.87. The second-order valence-electron chi connectivity index (χ2n) is 7.32. The molecule has 0 aliphatic rings. The van der Waals surface area contributed by atoms with Gasteiger partial charge in [0.2, 0.25) is 0 Å². The van der Waals surface area contributed by atoms with Crippen molar-refractivity contribution in [3.63, 3.8) is 0 Å². The van der Waals surface area contributed by atoms with Crippen LogP contribution in [0.5, 0.6) is 0 Å². The monoisotopic (exact) mass is 346 g/mol. The topological polar surface area (TPSA) is 37.3 Å². The van der Waals surface area contributed by atoms with Crippen LogP contribution in [-0.2, 0) is 12.8 Å². The maximum absolute atomic E-state index is 11.3. The molecule has 25 heavy (non-hydrogen) atoms. The van der Waals surface area contributed by atoms with Gasteiger partial charge < -0.3 is 5.11 Å². The van der Waals surface area contributed by atoms with Gasteiger partial charge >= 0.3 is 5.97 Å². The van der Waals surface area contributed by atoms with E-state index >= 15 is 0 Å². The van der Waals surface area contributed by atoms with Gasteiger partial charge in [-0.15, -0.1) is 0 Å². The zero-order chi connectivity index (χ0) is 18.3. The average Bonchev–Trinajstić information content (AvgIpc) is 2.61. The van der Waals surface area contributed by atoms with Crippen LogP contribution in [0.25, 0.3) is 0 Å². The van der Waals surface area contributed by atoms with Gasteiger partial charge in [0, 0.05) is 0 Å². The van der Waals surface area contributed by atoms with Crippen LogP contribution in [0, 0.1) is 0 Å². The first-order chi connectivity index (χ1) is 12.2. The Morgan fingerprint density at radius 3 is 1.72 bits per heavy atom. The number of carboxylic acid groups (broad SMARTS) is 1. The lowest BCUT2D eigenvalue weighted by molar-refractivity contribution is 0.0696. The van der Waals surface area contributed by atoms with E-state index in [1.54, 1.807) is 6.07 Å². The lowest BCUT2D eigenvalue weighted by Gasteiger charge is -2.11. The molecule has 1 aromatic carbocycles. The number of rotatable bonds is 15. The minimum atomic E-state index is -0.810. The minimum absolute atomic E-state index is 0.438. The lowest BCUT2D eigenvalue weighted by Crippen LogP contribution is -2.02. The number of hydrogen-bond acceptors (Lipinski definition) is 1. The Morgan fingerprint density at radius 2 is 1.20 bits per heavy atom. The van der Waals surface area contributed by atoms with Gasteiger partial charge in [-0.25, -0.2) is 4.79 Å². The van der Waals surface area contributed by atoms with E-state index in [9.17, 15) is 9.90 Å². The van der Waals surface area contributed by atoms with Crippen LogP contribution < -0.4 is 0 Å². The molecule has 2 nitrogen and oxygen atoms in total. The van der Waals surface area contributed by atoms with E-state index in [2.05, 4.69) is 19.9 Å². The van der Waals surface area contributed by atoms with E-state index in [0.717, 1.165) is 12.8 Å². The Morgan fingerprint density at radius 1 is 0.720 bits per heavy atom. The first-order valence-electron chi connectivity index (χ1n) is 10.5. The second-order valence-corrected chi connectivity index (χ2v) is 7.32. The van der Waals surface area contributed by atoms with Gasteiger partial charge in [-0.2, -0.15) is 0 Å². The van der Waals surface area contributed by atoms with Gasteiger partial charge in [0.1, 0.15) is 0 Å². The fourth-order valence-electron chi connectivity index (χ4n) is 3.43. The summed E-state index contributed by atoms with van der Waals surface area (Å²) in [5.41, 5.74) is 3.07. The van der Waals surface area contributed by atoms with Crippen molar-refractivity contribution >= 4 is 5.97 Å². The normalized spacial score (nSPS) is 11.0. The molecule has 0 unspecified atom stereocenters. The number of benzene rings is 1. The summed E-state index contributed by atoms with van der Waals surface area (Å²) in [5, 5.41) is 9.27. The highest BCUT2D eigenvalue weighted by atomic mass is 16.4. The van der Waals surface area contributed by atoms with Crippen LogP contribution in [0.1, 0.15) is 112 Å². The summed E-state index contributed by atoms with van der Waals surface area (Å²) < 4.78 is 0. The Hall–Kier alpha value is -1.31. The number of carboxylic acids is 1. The largest absolute Gasteiger partial charge is 0.478 e. The smallest absolute Gasteiger partial charge is 0.335 e. The van der Waals surface area contributed by atoms with Crippen LogP contribution in [0.15, 0.2) is 18.2 Å². The zero-order valence-electron chi connectivity index (χ0n) is 16.5. The van der Waals surface area contributed by atoms with Crippen molar-refractivity contribution in [1.82, 2.24) is 0 Å². The van der Waals surface area contributed by atoms with E-state index in [4.69, 9.17) is 0 Å².